The number of carbonyl (C=O) groups excluding carboxylic acids is 1. The molecule has 0 spiro atoms. The fraction of sp³-hybridized carbons (Fsp3) is 0.462. The summed E-state index contributed by atoms with van der Waals surface area (Å²) in [6.45, 7) is 5.76. The van der Waals surface area contributed by atoms with Crippen molar-refractivity contribution in [1.29, 1.82) is 0 Å². The Bertz CT molecular complexity index is 444. The molecule has 4 nitrogen and oxygen atoms in total. The number of halogens is 1. The highest BCUT2D eigenvalue weighted by molar-refractivity contribution is 9.09. The van der Waals surface area contributed by atoms with Gasteiger partial charge in [-0.3, -0.25) is 4.79 Å². The highest BCUT2D eigenvalue weighted by Gasteiger charge is 2.27. The lowest BCUT2D eigenvalue weighted by Gasteiger charge is -2.29. The van der Waals surface area contributed by atoms with Crippen molar-refractivity contribution >= 4 is 21.8 Å². The Balaban J connectivity index is 2.99. The number of aromatic hydroxyl groups is 1. The third kappa shape index (κ3) is 3.16. The Morgan fingerprint density at radius 2 is 2.11 bits per heavy atom. The molecular weight excluding hydrogens is 298 g/mol. The molecular formula is C13H18BrNO3. The van der Waals surface area contributed by atoms with E-state index in [1.54, 1.807) is 18.2 Å². The average molecular weight is 316 g/mol. The first kappa shape index (κ1) is 14.8. The van der Waals surface area contributed by atoms with Crippen LogP contribution in [-0.2, 0) is 0 Å². The molecule has 0 saturated carbocycles. The quantitative estimate of drug-likeness (QED) is 0.840. The number of phenolic OH excluding ortho intramolecular Hbond substituents is 1. The van der Waals surface area contributed by atoms with E-state index in [2.05, 4.69) is 21.2 Å². The van der Waals surface area contributed by atoms with E-state index in [9.17, 15) is 9.90 Å². The van der Waals surface area contributed by atoms with Crippen LogP contribution >= 0.6 is 15.9 Å². The van der Waals surface area contributed by atoms with Gasteiger partial charge in [-0.05, 0) is 26.0 Å². The van der Waals surface area contributed by atoms with Crippen LogP contribution in [0.25, 0.3) is 0 Å². The fourth-order valence-electron chi connectivity index (χ4n) is 1.33. The molecule has 1 aromatic rings. The number of rotatable bonds is 4. The van der Waals surface area contributed by atoms with Gasteiger partial charge in [0.1, 0.15) is 0 Å². The van der Waals surface area contributed by atoms with Crippen LogP contribution in [0.2, 0.25) is 0 Å². The number of ether oxygens (including phenoxy) is 1. The number of alkyl halides is 1. The number of methoxy groups -OCH3 is 1. The molecule has 0 radical (unpaired) electrons. The highest BCUT2D eigenvalue weighted by atomic mass is 79.9. The summed E-state index contributed by atoms with van der Waals surface area (Å²) in [5.41, 5.74) is -0.220. The van der Waals surface area contributed by atoms with Crippen molar-refractivity contribution in [3.05, 3.63) is 23.8 Å². The van der Waals surface area contributed by atoms with Crippen molar-refractivity contribution in [2.45, 2.75) is 31.1 Å². The number of benzene rings is 1. The SMILES string of the molecule is COc1cccc(C(=O)NC(C)(C)C(C)Br)c1O. The van der Waals surface area contributed by atoms with Crippen LogP contribution in [0, 0.1) is 0 Å². The van der Waals surface area contributed by atoms with Crippen molar-refractivity contribution in [3.8, 4) is 11.5 Å². The zero-order valence-corrected chi connectivity index (χ0v) is 12.5. The van der Waals surface area contributed by atoms with E-state index < -0.39 is 5.54 Å². The lowest BCUT2D eigenvalue weighted by Crippen LogP contribution is -2.48. The van der Waals surface area contributed by atoms with Crippen molar-refractivity contribution < 1.29 is 14.6 Å². The predicted octanol–water partition coefficient (Wildman–Crippen LogP) is 2.69. The maximum absolute atomic E-state index is 12.1. The second kappa shape index (κ2) is 5.61. The lowest BCUT2D eigenvalue weighted by atomic mass is 10.0. The second-order valence-electron chi connectivity index (χ2n) is 4.65. The largest absolute Gasteiger partial charge is 0.504 e. The summed E-state index contributed by atoms with van der Waals surface area (Å²) < 4.78 is 4.97. The number of para-hydroxylation sites is 1. The zero-order valence-electron chi connectivity index (χ0n) is 11.0. The minimum atomic E-state index is -0.424. The van der Waals surface area contributed by atoms with Crippen molar-refractivity contribution in [1.82, 2.24) is 5.32 Å². The van der Waals surface area contributed by atoms with E-state index in [0.29, 0.717) is 0 Å². The molecule has 0 aromatic heterocycles. The lowest BCUT2D eigenvalue weighted by molar-refractivity contribution is 0.0910. The molecule has 5 heteroatoms. The molecule has 1 rings (SSSR count). The van der Waals surface area contributed by atoms with Crippen LogP contribution in [0.5, 0.6) is 11.5 Å². The summed E-state index contributed by atoms with van der Waals surface area (Å²) in [5, 5.41) is 12.8. The first-order valence-corrected chi connectivity index (χ1v) is 6.53. The van der Waals surface area contributed by atoms with E-state index in [-0.39, 0.29) is 27.8 Å². The van der Waals surface area contributed by atoms with Gasteiger partial charge in [-0.2, -0.15) is 0 Å². The Kier molecular flexibility index (Phi) is 4.62. The molecule has 0 bridgehead atoms. The van der Waals surface area contributed by atoms with Crippen LogP contribution in [0.4, 0.5) is 0 Å². The van der Waals surface area contributed by atoms with Gasteiger partial charge >= 0.3 is 0 Å². The van der Waals surface area contributed by atoms with Gasteiger partial charge in [0.2, 0.25) is 0 Å². The van der Waals surface area contributed by atoms with E-state index >= 15 is 0 Å². The number of phenols is 1. The standard InChI is InChI=1S/C13H18BrNO3/c1-8(14)13(2,3)15-12(17)9-6-5-7-10(18-4)11(9)16/h5-8,16H,1-4H3,(H,15,17). The zero-order chi connectivity index (χ0) is 13.9. The number of amides is 1. The molecule has 1 atom stereocenters. The topological polar surface area (TPSA) is 58.6 Å². The highest BCUT2D eigenvalue weighted by Crippen LogP contribution is 2.29. The Hall–Kier alpha value is -1.23. The van der Waals surface area contributed by atoms with Crippen molar-refractivity contribution in [3.63, 3.8) is 0 Å². The minimum Gasteiger partial charge on any atom is -0.504 e. The van der Waals surface area contributed by atoms with Crippen molar-refractivity contribution in [2.75, 3.05) is 7.11 Å². The Labute approximate surface area is 115 Å². The molecule has 0 fully saturated rings. The maximum Gasteiger partial charge on any atom is 0.255 e. The van der Waals surface area contributed by atoms with Gasteiger partial charge in [-0.15, -0.1) is 0 Å². The van der Waals surface area contributed by atoms with Crippen LogP contribution < -0.4 is 10.1 Å². The maximum atomic E-state index is 12.1. The van der Waals surface area contributed by atoms with E-state index in [0.717, 1.165) is 0 Å². The van der Waals surface area contributed by atoms with E-state index in [1.807, 2.05) is 20.8 Å². The van der Waals surface area contributed by atoms with Gasteiger partial charge < -0.3 is 15.2 Å². The average Bonchev–Trinajstić information content (AvgIpc) is 2.28. The van der Waals surface area contributed by atoms with Gasteiger partial charge in [0.05, 0.1) is 12.7 Å². The van der Waals surface area contributed by atoms with Gasteiger partial charge in [0, 0.05) is 10.4 Å². The van der Waals surface area contributed by atoms with Gasteiger partial charge in [-0.1, -0.05) is 28.9 Å². The van der Waals surface area contributed by atoms with Gasteiger partial charge in [-0.25, -0.2) is 0 Å². The molecule has 1 amide bonds. The monoisotopic (exact) mass is 315 g/mol. The predicted molar refractivity (Wildman–Crippen MR) is 74.6 cm³/mol. The van der Waals surface area contributed by atoms with Crippen LogP contribution in [0.15, 0.2) is 18.2 Å². The van der Waals surface area contributed by atoms with Gasteiger partial charge in [0.25, 0.3) is 5.91 Å². The number of nitrogens with one attached hydrogen (secondary N) is 1. The molecule has 100 valence electrons. The summed E-state index contributed by atoms with van der Waals surface area (Å²) in [6.07, 6.45) is 0. The van der Waals surface area contributed by atoms with E-state index in [4.69, 9.17) is 4.74 Å². The van der Waals surface area contributed by atoms with Crippen LogP contribution in [0.1, 0.15) is 31.1 Å². The summed E-state index contributed by atoms with van der Waals surface area (Å²) >= 11 is 3.44. The smallest absolute Gasteiger partial charge is 0.255 e. The molecule has 2 N–H and O–H groups in total. The molecule has 0 aliphatic heterocycles. The van der Waals surface area contributed by atoms with Gasteiger partial charge in [0.15, 0.2) is 11.5 Å². The molecule has 1 unspecified atom stereocenters. The number of hydrogen-bond donors (Lipinski definition) is 2. The molecule has 18 heavy (non-hydrogen) atoms. The van der Waals surface area contributed by atoms with Crippen LogP contribution in [-0.4, -0.2) is 28.5 Å². The summed E-state index contributed by atoms with van der Waals surface area (Å²) in [5.74, 6) is -0.189. The second-order valence-corrected chi connectivity index (χ2v) is 6.02. The van der Waals surface area contributed by atoms with E-state index in [1.165, 1.54) is 7.11 Å². The normalized spacial score (nSPS) is 12.9. The molecule has 0 aliphatic rings. The number of hydrogen-bond acceptors (Lipinski definition) is 3. The molecule has 0 aliphatic carbocycles. The molecule has 1 aromatic carbocycles. The van der Waals surface area contributed by atoms with Crippen LogP contribution in [0.3, 0.4) is 0 Å². The molecule has 0 saturated heterocycles. The minimum absolute atomic E-state index is 0.0988. The third-order valence-electron chi connectivity index (χ3n) is 2.89. The summed E-state index contributed by atoms with van der Waals surface area (Å²) in [4.78, 5) is 12.2. The first-order valence-electron chi connectivity index (χ1n) is 5.62. The summed E-state index contributed by atoms with van der Waals surface area (Å²) in [6, 6.07) is 4.82. The first-order chi connectivity index (χ1) is 8.29. The third-order valence-corrected chi connectivity index (χ3v) is 4.04. The Morgan fingerprint density at radius 1 is 1.50 bits per heavy atom. The summed E-state index contributed by atoms with van der Waals surface area (Å²) in [7, 11) is 1.45. The number of carbonyl (C=O) groups is 1. The molecule has 0 heterocycles. The Morgan fingerprint density at radius 3 is 2.61 bits per heavy atom. The fourth-order valence-corrected chi connectivity index (χ4v) is 1.44. The van der Waals surface area contributed by atoms with Crippen molar-refractivity contribution in [2.24, 2.45) is 0 Å².